The number of thioether (sulfide) groups is 2. The van der Waals surface area contributed by atoms with Crippen molar-refractivity contribution in [3.63, 3.8) is 0 Å². The lowest BCUT2D eigenvalue weighted by molar-refractivity contribution is 0.0506. The Morgan fingerprint density at radius 3 is 2.12 bits per heavy atom. The number of aliphatic hydroxyl groups is 1. The van der Waals surface area contributed by atoms with E-state index < -0.39 is 8.07 Å². The zero-order valence-electron chi connectivity index (χ0n) is 31.3. The molecule has 3 atom stereocenters. The molecule has 2 aromatic carbocycles. The molecule has 278 valence electrons. The normalized spacial score (nSPS) is 18.3. The van der Waals surface area contributed by atoms with E-state index in [0.717, 1.165) is 41.4 Å². The number of unbranched alkanes of at least 4 members (excludes halogenated alkanes) is 6. The minimum atomic E-state index is -1.62. The summed E-state index contributed by atoms with van der Waals surface area (Å²) >= 11 is 4.03. The van der Waals surface area contributed by atoms with Crippen LogP contribution in [0.15, 0.2) is 42.5 Å². The number of rotatable bonds is 26. The van der Waals surface area contributed by atoms with E-state index in [-0.39, 0.29) is 30.0 Å². The van der Waals surface area contributed by atoms with E-state index in [1.807, 2.05) is 47.8 Å². The van der Waals surface area contributed by atoms with Crippen LogP contribution in [0.3, 0.4) is 0 Å². The van der Waals surface area contributed by atoms with Crippen molar-refractivity contribution >= 4 is 31.6 Å². The molecule has 2 aromatic rings. The fraction of sp³-hybridized carbons (Fsp3) is 0.692. The van der Waals surface area contributed by atoms with Crippen molar-refractivity contribution in [3.8, 4) is 17.2 Å². The van der Waals surface area contributed by atoms with Crippen molar-refractivity contribution in [1.29, 1.82) is 0 Å². The van der Waals surface area contributed by atoms with Crippen LogP contribution in [-0.4, -0.2) is 83.8 Å². The van der Waals surface area contributed by atoms with Gasteiger partial charge in [-0.05, 0) is 54.0 Å². The topological polar surface area (TPSA) is 75.6 Å². The summed E-state index contributed by atoms with van der Waals surface area (Å²) in [5.74, 6) is 6.43. The summed E-state index contributed by atoms with van der Waals surface area (Å²) in [5.41, 5.74) is 2.01. The predicted molar refractivity (Wildman–Crippen MR) is 210 cm³/mol. The molecule has 10 heteroatoms. The van der Waals surface area contributed by atoms with Gasteiger partial charge in [-0.2, -0.15) is 23.5 Å². The molecule has 1 N–H and O–H groups in total. The predicted octanol–water partition coefficient (Wildman–Crippen LogP) is 9.52. The monoisotopic (exact) mass is 736 g/mol. The molecule has 3 rings (SSSR count). The average molecular weight is 737 g/mol. The van der Waals surface area contributed by atoms with Gasteiger partial charge in [-0.1, -0.05) is 90.2 Å². The van der Waals surface area contributed by atoms with E-state index >= 15 is 0 Å². The third-order valence-corrected chi connectivity index (χ3v) is 15.8. The maximum absolute atomic E-state index is 10.5. The number of ether oxygens (including phenoxy) is 6. The van der Waals surface area contributed by atoms with Gasteiger partial charge in [0.15, 0.2) is 13.6 Å². The fourth-order valence-corrected chi connectivity index (χ4v) is 11.9. The number of aliphatic hydroxyl groups excluding tert-OH is 1. The van der Waals surface area contributed by atoms with E-state index in [9.17, 15) is 5.11 Å². The summed E-state index contributed by atoms with van der Waals surface area (Å²) in [5, 5.41) is 10.8. The quantitative estimate of drug-likeness (QED) is 0.0578. The van der Waals surface area contributed by atoms with Crippen molar-refractivity contribution in [2.75, 3.05) is 64.9 Å². The number of hydrogen-bond donors (Lipinski definition) is 1. The lowest BCUT2D eigenvalue weighted by atomic mass is 9.76. The van der Waals surface area contributed by atoms with Crippen molar-refractivity contribution in [3.05, 3.63) is 53.6 Å². The molecule has 0 aliphatic carbocycles. The molecule has 7 nitrogen and oxygen atoms in total. The van der Waals surface area contributed by atoms with Crippen molar-refractivity contribution in [2.24, 2.45) is 5.92 Å². The molecular formula is C39H64O7S2Si. The Labute approximate surface area is 306 Å². The molecule has 0 radical (unpaired) electrons. The van der Waals surface area contributed by atoms with E-state index in [4.69, 9.17) is 28.4 Å². The van der Waals surface area contributed by atoms with Crippen LogP contribution in [0.1, 0.15) is 82.1 Å². The second-order valence-corrected chi connectivity index (χ2v) is 22.0. The summed E-state index contributed by atoms with van der Waals surface area (Å²) < 4.78 is 33.7. The zero-order valence-corrected chi connectivity index (χ0v) is 33.9. The Morgan fingerprint density at radius 2 is 1.47 bits per heavy atom. The molecule has 3 unspecified atom stereocenters. The third-order valence-electron chi connectivity index (χ3n) is 9.28. The van der Waals surface area contributed by atoms with Gasteiger partial charge in [0.25, 0.3) is 0 Å². The van der Waals surface area contributed by atoms with Crippen molar-refractivity contribution in [2.45, 2.75) is 101 Å². The lowest BCUT2D eigenvalue weighted by Crippen LogP contribution is -2.45. The number of methoxy groups -OCH3 is 2. The Balaban J connectivity index is 1.36. The van der Waals surface area contributed by atoms with Gasteiger partial charge in [-0.3, -0.25) is 0 Å². The third kappa shape index (κ3) is 14.3. The molecule has 0 fully saturated rings. The molecular weight excluding hydrogens is 673 g/mol. The SMILES string of the molecule is COCOc1ccc(C2(C)COc3cc(OCOC)ccc3C2SCCCCCCCCCSCCOCC(O)[Si](C)(C)CC(C)C)cc1. The van der Waals surface area contributed by atoms with Crippen molar-refractivity contribution < 1.29 is 33.5 Å². The Hall–Kier alpha value is -1.40. The largest absolute Gasteiger partial charge is 0.492 e. The van der Waals surface area contributed by atoms with Gasteiger partial charge in [0.1, 0.15) is 17.2 Å². The van der Waals surface area contributed by atoms with E-state index in [2.05, 4.69) is 52.1 Å². The highest BCUT2D eigenvalue weighted by Crippen LogP contribution is 2.53. The highest BCUT2D eigenvalue weighted by atomic mass is 32.2. The molecule has 0 amide bonds. The zero-order chi connectivity index (χ0) is 35.5. The molecule has 1 aliphatic rings. The van der Waals surface area contributed by atoms with Crippen LogP contribution in [0.25, 0.3) is 0 Å². The summed E-state index contributed by atoms with van der Waals surface area (Å²) in [4.78, 5) is 0. The first kappa shape index (κ1) is 42.0. The molecule has 1 heterocycles. The van der Waals surface area contributed by atoms with Crippen LogP contribution >= 0.6 is 23.5 Å². The first-order valence-corrected chi connectivity index (χ1v) is 23.7. The molecule has 0 saturated heterocycles. The summed E-state index contributed by atoms with van der Waals surface area (Å²) in [7, 11) is 1.64. The second kappa shape index (κ2) is 22.5. The minimum Gasteiger partial charge on any atom is -0.492 e. The summed E-state index contributed by atoms with van der Waals surface area (Å²) in [6.45, 7) is 13.6. The molecule has 49 heavy (non-hydrogen) atoms. The van der Waals surface area contributed by atoms with Crippen LogP contribution in [-0.2, 0) is 19.6 Å². The highest BCUT2D eigenvalue weighted by molar-refractivity contribution is 7.99. The van der Waals surface area contributed by atoms with Gasteiger partial charge < -0.3 is 33.5 Å². The van der Waals surface area contributed by atoms with Gasteiger partial charge in [-0.15, -0.1) is 0 Å². The average Bonchev–Trinajstić information content (AvgIpc) is 3.08. The molecule has 1 aliphatic heterocycles. The van der Waals surface area contributed by atoms with Gasteiger partial charge in [0, 0.05) is 42.3 Å². The number of fused-ring (bicyclic) bond motifs is 1. The van der Waals surface area contributed by atoms with Gasteiger partial charge in [0.2, 0.25) is 0 Å². The van der Waals surface area contributed by atoms with Crippen LogP contribution < -0.4 is 14.2 Å². The Kier molecular flexibility index (Phi) is 19.3. The molecule has 0 spiro atoms. The van der Waals surface area contributed by atoms with Gasteiger partial charge >= 0.3 is 0 Å². The summed E-state index contributed by atoms with van der Waals surface area (Å²) in [6.07, 6.45) is 8.99. The first-order valence-electron chi connectivity index (χ1n) is 18.2. The fourth-order valence-electron chi connectivity index (χ4n) is 6.51. The Bertz CT molecular complexity index is 1180. The van der Waals surface area contributed by atoms with Crippen LogP contribution in [0, 0.1) is 5.92 Å². The summed E-state index contributed by atoms with van der Waals surface area (Å²) in [6, 6.07) is 15.7. The van der Waals surface area contributed by atoms with E-state index in [1.165, 1.54) is 61.8 Å². The van der Waals surface area contributed by atoms with E-state index in [0.29, 0.717) is 19.1 Å². The maximum Gasteiger partial charge on any atom is 0.188 e. The number of benzene rings is 2. The molecule has 0 aromatic heterocycles. The smallest absolute Gasteiger partial charge is 0.188 e. The lowest BCUT2D eigenvalue weighted by Gasteiger charge is -2.42. The van der Waals surface area contributed by atoms with Gasteiger partial charge in [-0.25, -0.2) is 0 Å². The minimum absolute atomic E-state index is 0.191. The highest BCUT2D eigenvalue weighted by Gasteiger charge is 2.43. The number of hydrogen-bond acceptors (Lipinski definition) is 9. The maximum atomic E-state index is 10.5. The first-order chi connectivity index (χ1) is 23.6. The van der Waals surface area contributed by atoms with Crippen LogP contribution in [0.4, 0.5) is 0 Å². The van der Waals surface area contributed by atoms with Crippen LogP contribution in [0.5, 0.6) is 17.2 Å². The standard InChI is InChI=1S/C39H64O7S2Si/c1-31(2)27-49(6,7)37(40)26-43-21-24-47-22-13-11-9-8-10-12-14-23-48-38-35-20-19-34(46-30-42-5)25-36(35)44-28-39(38,3)32-15-17-33(18-16-32)45-29-41-4/h15-20,25,31,37-38,40H,8-14,21-24,26-30H2,1-7H3. The Morgan fingerprint density at radius 1 is 0.857 bits per heavy atom. The molecule has 0 bridgehead atoms. The van der Waals surface area contributed by atoms with Gasteiger partial charge in [0.05, 0.1) is 33.6 Å². The molecule has 0 saturated carbocycles. The second-order valence-electron chi connectivity index (χ2n) is 14.5. The van der Waals surface area contributed by atoms with E-state index in [1.54, 1.807) is 14.2 Å². The van der Waals surface area contributed by atoms with Crippen molar-refractivity contribution in [1.82, 2.24) is 0 Å². The van der Waals surface area contributed by atoms with Crippen LogP contribution in [0.2, 0.25) is 19.1 Å².